The summed E-state index contributed by atoms with van der Waals surface area (Å²) < 4.78 is 0. The minimum Gasteiger partial charge on any atom is -0.396 e. The Morgan fingerprint density at radius 2 is 2.00 bits per heavy atom. The molecule has 0 atom stereocenters. The van der Waals surface area contributed by atoms with Crippen LogP contribution in [0.3, 0.4) is 0 Å². The predicted molar refractivity (Wildman–Crippen MR) is 77.1 cm³/mol. The number of nitrogens with zero attached hydrogens (tertiary/aromatic N) is 2. The summed E-state index contributed by atoms with van der Waals surface area (Å²) in [7, 11) is 0. The van der Waals surface area contributed by atoms with E-state index in [1.807, 2.05) is 0 Å². The van der Waals surface area contributed by atoms with E-state index in [0.717, 1.165) is 11.3 Å². The van der Waals surface area contributed by atoms with Gasteiger partial charge in [0.05, 0.1) is 11.1 Å². The first kappa shape index (κ1) is 14.2. The molecule has 0 bridgehead atoms. The molecule has 20 heavy (non-hydrogen) atoms. The number of anilines is 1. The standard InChI is InChI=1S/C12H15N5O2S/c1-12(2,11(14)19)5-17-9(18)8-6(13)7-10(20-8)16-4-3-15-7/h3-4H,5,13H2,1-2H3,(H2,14,19)(H,17,18). The fourth-order valence-electron chi connectivity index (χ4n) is 1.48. The molecule has 0 saturated carbocycles. The third-order valence-electron chi connectivity index (χ3n) is 2.93. The molecule has 7 nitrogen and oxygen atoms in total. The van der Waals surface area contributed by atoms with Crippen LogP contribution < -0.4 is 16.8 Å². The molecule has 0 spiro atoms. The first-order valence-electron chi connectivity index (χ1n) is 5.90. The van der Waals surface area contributed by atoms with Crippen LogP contribution in [0, 0.1) is 5.41 Å². The number of nitrogens with two attached hydrogens (primary N) is 2. The van der Waals surface area contributed by atoms with Crippen LogP contribution in [0.2, 0.25) is 0 Å². The molecular formula is C12H15N5O2S. The van der Waals surface area contributed by atoms with E-state index >= 15 is 0 Å². The van der Waals surface area contributed by atoms with Gasteiger partial charge in [0.1, 0.15) is 15.2 Å². The first-order valence-corrected chi connectivity index (χ1v) is 6.71. The molecule has 2 aromatic heterocycles. The number of primary amides is 1. The minimum atomic E-state index is -0.822. The number of hydrogen-bond acceptors (Lipinski definition) is 6. The highest BCUT2D eigenvalue weighted by Gasteiger charge is 2.26. The van der Waals surface area contributed by atoms with E-state index in [4.69, 9.17) is 11.5 Å². The quantitative estimate of drug-likeness (QED) is 0.757. The van der Waals surface area contributed by atoms with Crippen LogP contribution in [0.15, 0.2) is 12.4 Å². The van der Waals surface area contributed by atoms with Crippen molar-refractivity contribution in [3.63, 3.8) is 0 Å². The van der Waals surface area contributed by atoms with Gasteiger partial charge in [-0.2, -0.15) is 0 Å². The predicted octanol–water partition coefficient (Wildman–Crippen LogP) is 0.515. The molecule has 5 N–H and O–H groups in total. The molecule has 0 fully saturated rings. The Labute approximate surface area is 119 Å². The van der Waals surface area contributed by atoms with Crippen molar-refractivity contribution in [1.82, 2.24) is 15.3 Å². The minimum absolute atomic E-state index is 0.135. The van der Waals surface area contributed by atoms with Crippen molar-refractivity contribution >= 4 is 39.2 Å². The van der Waals surface area contributed by atoms with Crippen LogP contribution >= 0.6 is 11.3 Å². The lowest BCUT2D eigenvalue weighted by Crippen LogP contribution is -2.42. The molecule has 0 aliphatic heterocycles. The Kier molecular flexibility index (Phi) is 3.58. The third kappa shape index (κ3) is 2.55. The Hall–Kier alpha value is -2.22. The van der Waals surface area contributed by atoms with Crippen molar-refractivity contribution in [2.75, 3.05) is 12.3 Å². The number of carbonyl (C=O) groups is 2. The van der Waals surface area contributed by atoms with E-state index in [1.54, 1.807) is 13.8 Å². The number of amides is 2. The molecule has 0 aliphatic rings. The number of rotatable bonds is 4. The SMILES string of the molecule is CC(C)(CNC(=O)c1sc2nccnc2c1N)C(N)=O. The fraction of sp³-hybridized carbons (Fsp3) is 0.333. The van der Waals surface area contributed by atoms with Gasteiger partial charge in [0.25, 0.3) is 5.91 Å². The molecule has 2 rings (SSSR count). The van der Waals surface area contributed by atoms with Crippen molar-refractivity contribution in [3.05, 3.63) is 17.3 Å². The molecular weight excluding hydrogens is 278 g/mol. The number of aromatic nitrogens is 2. The van der Waals surface area contributed by atoms with Gasteiger partial charge in [0.2, 0.25) is 5.91 Å². The van der Waals surface area contributed by atoms with Gasteiger partial charge >= 0.3 is 0 Å². The van der Waals surface area contributed by atoms with Gasteiger partial charge < -0.3 is 16.8 Å². The average molecular weight is 293 g/mol. The van der Waals surface area contributed by atoms with Crippen LogP contribution in [0.1, 0.15) is 23.5 Å². The lowest BCUT2D eigenvalue weighted by atomic mass is 9.93. The Bertz CT molecular complexity index is 680. The molecule has 0 aromatic carbocycles. The second kappa shape index (κ2) is 5.04. The monoisotopic (exact) mass is 293 g/mol. The largest absolute Gasteiger partial charge is 0.396 e. The maximum atomic E-state index is 12.1. The van der Waals surface area contributed by atoms with Crippen LogP contribution in [-0.4, -0.2) is 28.3 Å². The lowest BCUT2D eigenvalue weighted by Gasteiger charge is -2.20. The molecule has 0 radical (unpaired) electrons. The molecule has 8 heteroatoms. The van der Waals surface area contributed by atoms with E-state index in [9.17, 15) is 9.59 Å². The van der Waals surface area contributed by atoms with Gasteiger partial charge in [0, 0.05) is 18.9 Å². The summed E-state index contributed by atoms with van der Waals surface area (Å²) in [6.45, 7) is 3.45. The number of nitrogens with one attached hydrogen (secondary N) is 1. The van der Waals surface area contributed by atoms with Crippen molar-refractivity contribution in [1.29, 1.82) is 0 Å². The third-order valence-corrected chi connectivity index (χ3v) is 4.03. The molecule has 2 amide bonds. The fourth-order valence-corrected chi connectivity index (χ4v) is 2.42. The number of fused-ring (bicyclic) bond motifs is 1. The van der Waals surface area contributed by atoms with Gasteiger partial charge in [-0.15, -0.1) is 11.3 Å². The molecule has 0 unspecified atom stereocenters. The number of hydrogen-bond donors (Lipinski definition) is 3. The van der Waals surface area contributed by atoms with E-state index in [0.29, 0.717) is 20.9 Å². The van der Waals surface area contributed by atoms with Crippen molar-refractivity contribution < 1.29 is 9.59 Å². The Morgan fingerprint density at radius 1 is 1.35 bits per heavy atom. The first-order chi connectivity index (χ1) is 9.33. The Balaban J connectivity index is 2.20. The number of nitrogen functional groups attached to an aromatic ring is 1. The zero-order chi connectivity index (χ0) is 14.9. The highest BCUT2D eigenvalue weighted by Crippen LogP contribution is 2.30. The van der Waals surface area contributed by atoms with Crippen molar-refractivity contribution in [3.8, 4) is 0 Å². The maximum Gasteiger partial charge on any atom is 0.263 e. The summed E-state index contributed by atoms with van der Waals surface area (Å²) in [6.07, 6.45) is 3.06. The van der Waals surface area contributed by atoms with E-state index in [1.165, 1.54) is 12.4 Å². The van der Waals surface area contributed by atoms with Crippen LogP contribution in [0.25, 0.3) is 10.3 Å². The second-order valence-electron chi connectivity index (χ2n) is 4.99. The number of thiophene rings is 1. The van der Waals surface area contributed by atoms with Crippen molar-refractivity contribution in [2.45, 2.75) is 13.8 Å². The highest BCUT2D eigenvalue weighted by atomic mass is 32.1. The van der Waals surface area contributed by atoms with Gasteiger partial charge in [-0.05, 0) is 13.8 Å². The smallest absolute Gasteiger partial charge is 0.263 e. The normalized spacial score (nSPS) is 11.5. The van der Waals surface area contributed by atoms with Gasteiger partial charge in [-0.3, -0.25) is 9.59 Å². The summed E-state index contributed by atoms with van der Waals surface area (Å²) in [4.78, 5) is 32.5. The van der Waals surface area contributed by atoms with Gasteiger partial charge in [0.15, 0.2) is 0 Å². The average Bonchev–Trinajstić information content (AvgIpc) is 2.74. The van der Waals surface area contributed by atoms with E-state index in [-0.39, 0.29) is 12.5 Å². The molecule has 106 valence electrons. The molecule has 2 aromatic rings. The van der Waals surface area contributed by atoms with E-state index in [2.05, 4.69) is 15.3 Å². The van der Waals surface area contributed by atoms with E-state index < -0.39 is 11.3 Å². The van der Waals surface area contributed by atoms with Crippen LogP contribution in [0.5, 0.6) is 0 Å². The van der Waals surface area contributed by atoms with Gasteiger partial charge in [-0.1, -0.05) is 0 Å². The van der Waals surface area contributed by atoms with Crippen LogP contribution in [-0.2, 0) is 4.79 Å². The zero-order valence-corrected chi connectivity index (χ0v) is 12.0. The molecule has 0 saturated heterocycles. The summed E-state index contributed by atoms with van der Waals surface area (Å²) in [5.41, 5.74) is 11.1. The summed E-state index contributed by atoms with van der Waals surface area (Å²) in [5, 5.41) is 2.66. The summed E-state index contributed by atoms with van der Waals surface area (Å²) >= 11 is 1.16. The summed E-state index contributed by atoms with van der Waals surface area (Å²) in [5.74, 6) is -0.841. The zero-order valence-electron chi connectivity index (χ0n) is 11.1. The topological polar surface area (TPSA) is 124 Å². The lowest BCUT2D eigenvalue weighted by molar-refractivity contribution is -0.125. The highest BCUT2D eigenvalue weighted by molar-refractivity contribution is 7.21. The van der Waals surface area contributed by atoms with Crippen LogP contribution in [0.4, 0.5) is 5.69 Å². The van der Waals surface area contributed by atoms with Gasteiger partial charge in [-0.25, -0.2) is 9.97 Å². The van der Waals surface area contributed by atoms with Crippen molar-refractivity contribution in [2.24, 2.45) is 11.1 Å². The summed E-state index contributed by atoms with van der Waals surface area (Å²) in [6, 6.07) is 0. The second-order valence-corrected chi connectivity index (χ2v) is 5.98. The maximum absolute atomic E-state index is 12.1. The molecule has 0 aliphatic carbocycles. The number of carbonyl (C=O) groups excluding carboxylic acids is 2. The molecule has 2 heterocycles. The Morgan fingerprint density at radius 3 is 2.60 bits per heavy atom.